The molecule has 14 heavy (non-hydrogen) atoms. The predicted octanol–water partition coefficient (Wildman–Crippen LogP) is 2.58. The van der Waals surface area contributed by atoms with E-state index in [0.29, 0.717) is 11.9 Å². The van der Waals surface area contributed by atoms with Gasteiger partial charge in [0.1, 0.15) is 5.75 Å². The molecule has 0 spiro atoms. The third-order valence-corrected chi connectivity index (χ3v) is 2.31. The van der Waals surface area contributed by atoms with Crippen LogP contribution >= 0.6 is 11.6 Å². The van der Waals surface area contributed by atoms with Gasteiger partial charge in [0.25, 0.3) is 0 Å². The fourth-order valence-corrected chi connectivity index (χ4v) is 1.37. The summed E-state index contributed by atoms with van der Waals surface area (Å²) in [6.07, 6.45) is 2.43. The second-order valence-corrected chi connectivity index (χ2v) is 3.67. The van der Waals surface area contributed by atoms with Crippen LogP contribution < -0.4 is 4.74 Å². The van der Waals surface area contributed by atoms with Crippen molar-refractivity contribution in [2.45, 2.75) is 18.9 Å². The largest absolute Gasteiger partial charge is 0.490 e. The monoisotopic (exact) mass is 212 g/mol. The molecular formula is C10H9ClO3. The molecule has 0 heterocycles. The minimum Gasteiger partial charge on any atom is -0.490 e. The fourth-order valence-electron chi connectivity index (χ4n) is 1.12. The number of aromatic carboxylic acids is 1. The lowest BCUT2D eigenvalue weighted by Crippen LogP contribution is -1.99. The number of hydrogen-bond acceptors (Lipinski definition) is 2. The zero-order valence-corrected chi connectivity index (χ0v) is 8.12. The maximum absolute atomic E-state index is 10.6. The summed E-state index contributed by atoms with van der Waals surface area (Å²) in [4.78, 5) is 10.6. The highest BCUT2D eigenvalue weighted by atomic mass is 35.5. The molecule has 0 radical (unpaired) electrons. The number of carboxylic acids is 1. The van der Waals surface area contributed by atoms with E-state index in [-0.39, 0.29) is 10.6 Å². The molecule has 2 rings (SSSR count). The summed E-state index contributed by atoms with van der Waals surface area (Å²) in [6.45, 7) is 0. The van der Waals surface area contributed by atoms with Gasteiger partial charge in [0.15, 0.2) is 0 Å². The Balaban J connectivity index is 2.20. The highest BCUT2D eigenvalue weighted by molar-refractivity contribution is 6.33. The van der Waals surface area contributed by atoms with Crippen LogP contribution in [-0.2, 0) is 0 Å². The lowest BCUT2D eigenvalue weighted by molar-refractivity contribution is 0.0697. The molecule has 1 aromatic carbocycles. The molecule has 0 atom stereocenters. The third-order valence-electron chi connectivity index (χ3n) is 2.00. The van der Waals surface area contributed by atoms with E-state index in [9.17, 15) is 4.79 Å². The Morgan fingerprint density at radius 2 is 2.21 bits per heavy atom. The minimum absolute atomic E-state index is 0.106. The molecule has 1 N–H and O–H groups in total. The van der Waals surface area contributed by atoms with Crippen LogP contribution in [0.4, 0.5) is 0 Å². The molecule has 0 aliphatic heterocycles. The van der Waals surface area contributed by atoms with Gasteiger partial charge in [0, 0.05) is 0 Å². The zero-order valence-electron chi connectivity index (χ0n) is 7.37. The Morgan fingerprint density at radius 3 is 2.71 bits per heavy atom. The van der Waals surface area contributed by atoms with Gasteiger partial charge in [0.05, 0.1) is 16.7 Å². The van der Waals surface area contributed by atoms with Crippen LogP contribution in [-0.4, -0.2) is 17.2 Å². The average molecular weight is 213 g/mol. The number of ether oxygens (including phenoxy) is 1. The van der Waals surface area contributed by atoms with Crippen LogP contribution in [0.2, 0.25) is 5.02 Å². The van der Waals surface area contributed by atoms with Crippen molar-refractivity contribution in [1.29, 1.82) is 0 Å². The van der Waals surface area contributed by atoms with E-state index in [4.69, 9.17) is 21.4 Å². The van der Waals surface area contributed by atoms with Crippen molar-refractivity contribution in [1.82, 2.24) is 0 Å². The summed E-state index contributed by atoms with van der Waals surface area (Å²) in [7, 11) is 0. The van der Waals surface area contributed by atoms with Crippen molar-refractivity contribution in [3.63, 3.8) is 0 Å². The Morgan fingerprint density at radius 1 is 1.50 bits per heavy atom. The smallest absolute Gasteiger partial charge is 0.337 e. The highest BCUT2D eigenvalue weighted by Crippen LogP contribution is 2.29. The van der Waals surface area contributed by atoms with Gasteiger partial charge in [-0.3, -0.25) is 0 Å². The lowest BCUT2D eigenvalue weighted by atomic mass is 10.2. The van der Waals surface area contributed by atoms with Crippen molar-refractivity contribution < 1.29 is 14.6 Å². The molecule has 1 aliphatic carbocycles. The first-order valence-electron chi connectivity index (χ1n) is 4.36. The molecular weight excluding hydrogens is 204 g/mol. The first-order valence-corrected chi connectivity index (χ1v) is 4.74. The second kappa shape index (κ2) is 3.50. The van der Waals surface area contributed by atoms with Gasteiger partial charge in [-0.25, -0.2) is 4.79 Å². The van der Waals surface area contributed by atoms with Crippen LogP contribution in [0.5, 0.6) is 5.75 Å². The van der Waals surface area contributed by atoms with Gasteiger partial charge in [-0.1, -0.05) is 11.6 Å². The van der Waals surface area contributed by atoms with Crippen LogP contribution in [0.1, 0.15) is 23.2 Å². The molecule has 1 fully saturated rings. The maximum atomic E-state index is 10.6. The van der Waals surface area contributed by atoms with Crippen molar-refractivity contribution >= 4 is 17.6 Å². The number of benzene rings is 1. The number of carbonyl (C=O) groups is 1. The Labute approximate surface area is 86.3 Å². The van der Waals surface area contributed by atoms with E-state index in [2.05, 4.69) is 0 Å². The number of halogens is 1. The van der Waals surface area contributed by atoms with Crippen LogP contribution in [0.15, 0.2) is 18.2 Å². The SMILES string of the molecule is O=C(O)c1ccc(OC2CC2)cc1Cl. The molecule has 3 nitrogen and oxygen atoms in total. The fraction of sp³-hybridized carbons (Fsp3) is 0.300. The standard InChI is InChI=1S/C10H9ClO3/c11-9-5-7(14-6-1-2-6)3-4-8(9)10(12)13/h3-6H,1-2H2,(H,12,13). The molecule has 0 amide bonds. The summed E-state index contributed by atoms with van der Waals surface area (Å²) in [6, 6.07) is 4.64. The van der Waals surface area contributed by atoms with Gasteiger partial charge in [-0.15, -0.1) is 0 Å². The first-order chi connectivity index (χ1) is 6.66. The summed E-state index contributed by atoms with van der Waals surface area (Å²) in [5.74, 6) is -0.379. The summed E-state index contributed by atoms with van der Waals surface area (Å²) in [5, 5.41) is 8.94. The Kier molecular flexibility index (Phi) is 2.33. The molecule has 4 heteroatoms. The first kappa shape index (κ1) is 9.34. The lowest BCUT2D eigenvalue weighted by Gasteiger charge is -2.05. The normalized spacial score (nSPS) is 15.2. The van der Waals surface area contributed by atoms with E-state index < -0.39 is 5.97 Å². The topological polar surface area (TPSA) is 46.5 Å². The average Bonchev–Trinajstić information content (AvgIpc) is 2.87. The molecule has 0 bridgehead atoms. The van der Waals surface area contributed by atoms with Crippen molar-refractivity contribution in [3.05, 3.63) is 28.8 Å². The summed E-state index contributed by atoms with van der Waals surface area (Å²) < 4.78 is 5.46. The predicted molar refractivity (Wildman–Crippen MR) is 52.1 cm³/mol. The molecule has 0 saturated heterocycles. The van der Waals surface area contributed by atoms with E-state index >= 15 is 0 Å². The van der Waals surface area contributed by atoms with Gasteiger partial charge in [-0.2, -0.15) is 0 Å². The number of carboxylic acid groups (broad SMARTS) is 1. The number of hydrogen-bond donors (Lipinski definition) is 1. The van der Waals surface area contributed by atoms with Crippen molar-refractivity contribution in [2.24, 2.45) is 0 Å². The van der Waals surface area contributed by atoms with E-state index in [1.165, 1.54) is 6.07 Å². The quantitative estimate of drug-likeness (QED) is 0.838. The van der Waals surface area contributed by atoms with E-state index in [1.807, 2.05) is 0 Å². The zero-order chi connectivity index (χ0) is 10.1. The van der Waals surface area contributed by atoms with Gasteiger partial charge in [-0.05, 0) is 31.0 Å². The van der Waals surface area contributed by atoms with Gasteiger partial charge < -0.3 is 9.84 Å². The summed E-state index contributed by atoms with van der Waals surface area (Å²) >= 11 is 5.77. The molecule has 1 saturated carbocycles. The maximum Gasteiger partial charge on any atom is 0.337 e. The van der Waals surface area contributed by atoms with Crippen LogP contribution in [0.25, 0.3) is 0 Å². The van der Waals surface area contributed by atoms with Crippen molar-refractivity contribution in [3.8, 4) is 5.75 Å². The molecule has 1 aromatic rings. The number of rotatable bonds is 3. The molecule has 0 aromatic heterocycles. The van der Waals surface area contributed by atoms with E-state index in [1.54, 1.807) is 12.1 Å². The third kappa shape index (κ3) is 1.99. The minimum atomic E-state index is -1.02. The van der Waals surface area contributed by atoms with Crippen LogP contribution in [0, 0.1) is 0 Å². The van der Waals surface area contributed by atoms with Crippen LogP contribution in [0.3, 0.4) is 0 Å². The highest BCUT2D eigenvalue weighted by Gasteiger charge is 2.23. The molecule has 1 aliphatic rings. The Bertz CT molecular complexity index is 372. The summed E-state index contributed by atoms with van der Waals surface area (Å²) in [5.41, 5.74) is 0.106. The second-order valence-electron chi connectivity index (χ2n) is 3.26. The Hall–Kier alpha value is -1.22. The van der Waals surface area contributed by atoms with E-state index in [0.717, 1.165) is 12.8 Å². The van der Waals surface area contributed by atoms with Crippen molar-refractivity contribution in [2.75, 3.05) is 0 Å². The van der Waals surface area contributed by atoms with Gasteiger partial charge >= 0.3 is 5.97 Å². The molecule has 0 unspecified atom stereocenters. The molecule has 74 valence electrons. The van der Waals surface area contributed by atoms with Gasteiger partial charge in [0.2, 0.25) is 0 Å².